The molecule has 0 aliphatic heterocycles. The molecule has 1 N–H and O–H groups in total. The van der Waals surface area contributed by atoms with Crippen molar-refractivity contribution in [2.24, 2.45) is 5.92 Å². The van der Waals surface area contributed by atoms with Gasteiger partial charge in [0.15, 0.2) is 0 Å². The fraction of sp³-hybridized carbons (Fsp3) is 0.571. The maximum Gasteiger partial charge on any atom is 0.0406 e. The van der Waals surface area contributed by atoms with Crippen LogP contribution in [0.1, 0.15) is 32.3 Å². The third kappa shape index (κ3) is 4.54. The molecule has 0 spiro atoms. The zero-order chi connectivity index (χ0) is 12.0. The molecule has 0 aliphatic rings. The molecule has 0 saturated heterocycles. The highest BCUT2D eigenvalue weighted by atomic mass is 35.5. The molecular formula is C14H22ClN. The largest absolute Gasteiger partial charge is 0.317 e. The lowest BCUT2D eigenvalue weighted by molar-refractivity contribution is 0.410. The molecule has 16 heavy (non-hydrogen) atoms. The zero-order valence-corrected chi connectivity index (χ0v) is 11.2. The molecule has 1 aromatic carbocycles. The minimum atomic E-state index is 0.566. The Hall–Kier alpha value is -0.530. The molecule has 2 atom stereocenters. The van der Waals surface area contributed by atoms with Crippen molar-refractivity contribution >= 4 is 11.6 Å². The molecule has 0 bridgehead atoms. The summed E-state index contributed by atoms with van der Waals surface area (Å²) in [6, 6.07) is 8.72. The Morgan fingerprint density at radius 3 is 2.38 bits per heavy atom. The van der Waals surface area contributed by atoms with Gasteiger partial charge in [-0.15, -0.1) is 0 Å². The van der Waals surface area contributed by atoms with Gasteiger partial charge in [-0.1, -0.05) is 44.0 Å². The van der Waals surface area contributed by atoms with E-state index >= 15 is 0 Å². The number of likely N-dealkylation sites (N-methyl/N-ethyl adjacent to an activating group) is 1. The van der Waals surface area contributed by atoms with E-state index in [9.17, 15) is 0 Å². The molecule has 2 heteroatoms. The summed E-state index contributed by atoms with van der Waals surface area (Å²) in [6.07, 6.45) is 3.56. The summed E-state index contributed by atoms with van der Waals surface area (Å²) in [5.41, 5.74) is 1.35. The van der Waals surface area contributed by atoms with Crippen LogP contribution in [0.2, 0.25) is 5.02 Å². The third-order valence-corrected chi connectivity index (χ3v) is 3.44. The van der Waals surface area contributed by atoms with Crippen molar-refractivity contribution in [1.82, 2.24) is 5.32 Å². The average Bonchev–Trinajstić information content (AvgIpc) is 2.30. The molecule has 0 heterocycles. The SMILES string of the molecule is CCC(C)CC(Cc1ccc(Cl)cc1)NC. The Balaban J connectivity index is 2.52. The topological polar surface area (TPSA) is 12.0 Å². The van der Waals surface area contributed by atoms with E-state index < -0.39 is 0 Å². The Morgan fingerprint density at radius 2 is 1.88 bits per heavy atom. The van der Waals surface area contributed by atoms with Crippen molar-refractivity contribution in [3.8, 4) is 0 Å². The Bertz CT molecular complexity index is 294. The smallest absolute Gasteiger partial charge is 0.0406 e. The van der Waals surface area contributed by atoms with Crippen LogP contribution in [-0.4, -0.2) is 13.1 Å². The number of benzene rings is 1. The summed E-state index contributed by atoms with van der Waals surface area (Å²) < 4.78 is 0. The molecule has 2 unspecified atom stereocenters. The second-order valence-electron chi connectivity index (χ2n) is 4.57. The first-order valence-electron chi connectivity index (χ1n) is 6.07. The van der Waals surface area contributed by atoms with Crippen LogP contribution in [0.3, 0.4) is 0 Å². The van der Waals surface area contributed by atoms with Gasteiger partial charge in [0, 0.05) is 11.1 Å². The fourth-order valence-electron chi connectivity index (χ4n) is 1.86. The highest BCUT2D eigenvalue weighted by Crippen LogP contribution is 2.15. The van der Waals surface area contributed by atoms with E-state index in [1.54, 1.807) is 0 Å². The molecule has 0 aliphatic carbocycles. The van der Waals surface area contributed by atoms with Crippen LogP contribution in [0.4, 0.5) is 0 Å². The van der Waals surface area contributed by atoms with Gasteiger partial charge in [0.05, 0.1) is 0 Å². The number of nitrogens with one attached hydrogen (secondary N) is 1. The standard InChI is InChI=1S/C14H22ClN/c1-4-11(2)9-14(16-3)10-12-5-7-13(15)8-6-12/h5-8,11,14,16H,4,9-10H2,1-3H3. The van der Waals surface area contributed by atoms with E-state index in [0.717, 1.165) is 17.4 Å². The monoisotopic (exact) mass is 239 g/mol. The Morgan fingerprint density at radius 1 is 1.25 bits per heavy atom. The zero-order valence-electron chi connectivity index (χ0n) is 10.5. The predicted molar refractivity (Wildman–Crippen MR) is 72.1 cm³/mol. The maximum absolute atomic E-state index is 5.87. The lowest BCUT2D eigenvalue weighted by atomic mass is 9.95. The van der Waals surface area contributed by atoms with Crippen LogP contribution in [0, 0.1) is 5.92 Å². The van der Waals surface area contributed by atoms with Gasteiger partial charge in [0.25, 0.3) is 0 Å². The second kappa shape index (κ2) is 6.93. The molecule has 0 amide bonds. The Kier molecular flexibility index (Phi) is 5.86. The van der Waals surface area contributed by atoms with Gasteiger partial charge in [0.1, 0.15) is 0 Å². The highest BCUT2D eigenvalue weighted by molar-refractivity contribution is 6.30. The van der Waals surface area contributed by atoms with Crippen LogP contribution in [0.15, 0.2) is 24.3 Å². The number of halogens is 1. The van der Waals surface area contributed by atoms with Gasteiger partial charge in [-0.3, -0.25) is 0 Å². The van der Waals surface area contributed by atoms with Crippen molar-refractivity contribution < 1.29 is 0 Å². The molecule has 0 fully saturated rings. The van der Waals surface area contributed by atoms with Crippen molar-refractivity contribution in [3.63, 3.8) is 0 Å². The highest BCUT2D eigenvalue weighted by Gasteiger charge is 2.10. The van der Waals surface area contributed by atoms with E-state index in [0.29, 0.717) is 6.04 Å². The average molecular weight is 240 g/mol. The van der Waals surface area contributed by atoms with Gasteiger partial charge in [-0.25, -0.2) is 0 Å². The first-order chi connectivity index (χ1) is 7.65. The van der Waals surface area contributed by atoms with E-state index in [4.69, 9.17) is 11.6 Å². The van der Waals surface area contributed by atoms with E-state index in [1.807, 2.05) is 19.2 Å². The van der Waals surface area contributed by atoms with Crippen molar-refractivity contribution in [2.75, 3.05) is 7.05 Å². The summed E-state index contributed by atoms with van der Waals surface area (Å²) in [7, 11) is 2.04. The normalized spacial score (nSPS) is 14.8. The first-order valence-corrected chi connectivity index (χ1v) is 6.45. The fourth-order valence-corrected chi connectivity index (χ4v) is 1.99. The summed E-state index contributed by atoms with van der Waals surface area (Å²) in [6.45, 7) is 4.56. The van der Waals surface area contributed by atoms with Gasteiger partial charge < -0.3 is 5.32 Å². The number of rotatable bonds is 6. The van der Waals surface area contributed by atoms with E-state index in [2.05, 4.69) is 31.3 Å². The first kappa shape index (κ1) is 13.5. The number of hydrogen-bond donors (Lipinski definition) is 1. The number of hydrogen-bond acceptors (Lipinski definition) is 1. The van der Waals surface area contributed by atoms with Crippen molar-refractivity contribution in [2.45, 2.75) is 39.2 Å². The third-order valence-electron chi connectivity index (χ3n) is 3.19. The summed E-state index contributed by atoms with van der Waals surface area (Å²) >= 11 is 5.87. The van der Waals surface area contributed by atoms with Crippen LogP contribution >= 0.6 is 11.6 Å². The molecule has 1 aromatic rings. The molecule has 90 valence electrons. The summed E-state index contributed by atoms with van der Waals surface area (Å²) in [5, 5.41) is 4.21. The quantitative estimate of drug-likeness (QED) is 0.794. The molecular weight excluding hydrogens is 218 g/mol. The second-order valence-corrected chi connectivity index (χ2v) is 5.00. The van der Waals surface area contributed by atoms with E-state index in [1.165, 1.54) is 18.4 Å². The molecule has 0 saturated carbocycles. The van der Waals surface area contributed by atoms with Gasteiger partial charge in [-0.05, 0) is 43.5 Å². The predicted octanol–water partition coefficient (Wildman–Crippen LogP) is 3.91. The van der Waals surface area contributed by atoms with Gasteiger partial charge >= 0.3 is 0 Å². The molecule has 1 rings (SSSR count). The van der Waals surface area contributed by atoms with Crippen LogP contribution in [0.25, 0.3) is 0 Å². The van der Waals surface area contributed by atoms with Crippen molar-refractivity contribution in [1.29, 1.82) is 0 Å². The summed E-state index contributed by atoms with van der Waals surface area (Å²) in [5.74, 6) is 0.782. The van der Waals surface area contributed by atoms with Gasteiger partial charge in [0.2, 0.25) is 0 Å². The van der Waals surface area contributed by atoms with Crippen LogP contribution in [-0.2, 0) is 6.42 Å². The van der Waals surface area contributed by atoms with Gasteiger partial charge in [-0.2, -0.15) is 0 Å². The van der Waals surface area contributed by atoms with Crippen LogP contribution < -0.4 is 5.32 Å². The van der Waals surface area contributed by atoms with Crippen LogP contribution in [0.5, 0.6) is 0 Å². The minimum Gasteiger partial charge on any atom is -0.317 e. The summed E-state index contributed by atoms with van der Waals surface area (Å²) in [4.78, 5) is 0. The molecule has 1 nitrogen and oxygen atoms in total. The lowest BCUT2D eigenvalue weighted by Crippen LogP contribution is -2.29. The maximum atomic E-state index is 5.87. The molecule has 0 radical (unpaired) electrons. The Labute approximate surface area is 104 Å². The lowest BCUT2D eigenvalue weighted by Gasteiger charge is -2.19. The molecule has 0 aromatic heterocycles. The van der Waals surface area contributed by atoms with Crippen molar-refractivity contribution in [3.05, 3.63) is 34.9 Å². The van der Waals surface area contributed by atoms with E-state index in [-0.39, 0.29) is 0 Å². The minimum absolute atomic E-state index is 0.566.